The van der Waals surface area contributed by atoms with Gasteiger partial charge in [0.05, 0.1) is 11.9 Å². The Bertz CT molecular complexity index is 799. The summed E-state index contributed by atoms with van der Waals surface area (Å²) in [5.74, 6) is -0.793. The van der Waals surface area contributed by atoms with E-state index in [2.05, 4.69) is 15.6 Å². The largest absolute Gasteiger partial charge is 0.321 e. The molecule has 22 heavy (non-hydrogen) atoms. The molecule has 5 nitrogen and oxygen atoms in total. The van der Waals surface area contributed by atoms with Crippen molar-refractivity contribution in [3.05, 3.63) is 71.3 Å². The van der Waals surface area contributed by atoms with E-state index in [0.717, 1.165) is 5.69 Å². The summed E-state index contributed by atoms with van der Waals surface area (Å²) in [4.78, 5) is 12.1. The predicted octanol–water partition coefficient (Wildman–Crippen LogP) is 3.31. The van der Waals surface area contributed by atoms with Crippen LogP contribution in [0, 0.1) is 5.82 Å². The monoisotopic (exact) mass is 316 g/mol. The second-order valence-corrected chi connectivity index (χ2v) is 4.92. The topological polar surface area (TPSA) is 59.8 Å². The van der Waals surface area contributed by atoms with Gasteiger partial charge in [0.25, 0.3) is 5.91 Å². The van der Waals surface area contributed by atoms with Crippen molar-refractivity contribution in [3.63, 3.8) is 0 Å². The van der Waals surface area contributed by atoms with Crippen molar-refractivity contribution >= 4 is 23.2 Å². The number of halogens is 2. The van der Waals surface area contributed by atoms with E-state index in [4.69, 9.17) is 11.6 Å². The van der Waals surface area contributed by atoms with Crippen molar-refractivity contribution in [2.45, 2.75) is 0 Å². The van der Waals surface area contributed by atoms with Crippen LogP contribution in [-0.4, -0.2) is 20.9 Å². The zero-order chi connectivity index (χ0) is 15.5. The van der Waals surface area contributed by atoms with Gasteiger partial charge in [0.15, 0.2) is 5.69 Å². The maximum atomic E-state index is 12.8. The number of nitrogens with zero attached hydrogens (tertiary/aromatic N) is 3. The lowest BCUT2D eigenvalue weighted by Gasteiger charge is -2.02. The van der Waals surface area contributed by atoms with Crippen molar-refractivity contribution in [3.8, 4) is 5.69 Å². The molecule has 3 aromatic rings. The molecule has 0 spiro atoms. The quantitative estimate of drug-likeness (QED) is 0.806. The van der Waals surface area contributed by atoms with Crippen molar-refractivity contribution < 1.29 is 9.18 Å². The molecule has 1 aromatic heterocycles. The van der Waals surface area contributed by atoms with Crippen LogP contribution in [0.15, 0.2) is 54.7 Å². The lowest BCUT2D eigenvalue weighted by atomic mass is 10.3. The Balaban J connectivity index is 1.76. The van der Waals surface area contributed by atoms with Gasteiger partial charge >= 0.3 is 0 Å². The normalized spacial score (nSPS) is 10.5. The molecular formula is C15H10ClFN4O. The Labute approximate surface area is 130 Å². The van der Waals surface area contributed by atoms with Crippen LogP contribution in [0.3, 0.4) is 0 Å². The first-order valence-corrected chi connectivity index (χ1v) is 6.75. The second-order valence-electron chi connectivity index (χ2n) is 4.49. The van der Waals surface area contributed by atoms with Crippen LogP contribution in [0.2, 0.25) is 5.02 Å². The van der Waals surface area contributed by atoms with Gasteiger partial charge < -0.3 is 5.32 Å². The van der Waals surface area contributed by atoms with Crippen LogP contribution in [0.1, 0.15) is 10.5 Å². The average Bonchev–Trinajstić information content (AvgIpc) is 3.00. The maximum absolute atomic E-state index is 12.8. The molecule has 0 radical (unpaired) electrons. The van der Waals surface area contributed by atoms with E-state index in [1.54, 1.807) is 24.3 Å². The molecule has 1 heterocycles. The smallest absolute Gasteiger partial charge is 0.277 e. The van der Waals surface area contributed by atoms with E-state index in [1.165, 1.54) is 35.1 Å². The van der Waals surface area contributed by atoms with Crippen LogP contribution < -0.4 is 5.32 Å². The first-order chi connectivity index (χ1) is 10.6. The molecular weight excluding hydrogens is 307 g/mol. The fourth-order valence-corrected chi connectivity index (χ4v) is 1.94. The number of aromatic nitrogens is 3. The van der Waals surface area contributed by atoms with E-state index in [0.29, 0.717) is 10.7 Å². The van der Waals surface area contributed by atoms with Gasteiger partial charge in [0, 0.05) is 10.7 Å². The predicted molar refractivity (Wildman–Crippen MR) is 80.7 cm³/mol. The van der Waals surface area contributed by atoms with Crippen LogP contribution in [-0.2, 0) is 0 Å². The fourth-order valence-electron chi connectivity index (χ4n) is 1.82. The van der Waals surface area contributed by atoms with Crippen molar-refractivity contribution in [1.82, 2.24) is 15.0 Å². The number of hydrogen-bond acceptors (Lipinski definition) is 3. The second kappa shape index (κ2) is 5.95. The highest BCUT2D eigenvalue weighted by Crippen LogP contribution is 2.13. The van der Waals surface area contributed by atoms with E-state index >= 15 is 0 Å². The molecule has 0 saturated carbocycles. The highest BCUT2D eigenvalue weighted by atomic mass is 35.5. The van der Waals surface area contributed by atoms with Gasteiger partial charge in [-0.3, -0.25) is 4.79 Å². The fraction of sp³-hybridized carbons (Fsp3) is 0. The summed E-state index contributed by atoms with van der Waals surface area (Å²) in [5.41, 5.74) is 1.37. The van der Waals surface area contributed by atoms with E-state index in [-0.39, 0.29) is 11.5 Å². The number of amides is 1. The summed E-state index contributed by atoms with van der Waals surface area (Å²) in [7, 11) is 0. The Morgan fingerprint density at radius 3 is 2.45 bits per heavy atom. The lowest BCUT2D eigenvalue weighted by Crippen LogP contribution is -2.12. The summed E-state index contributed by atoms with van der Waals surface area (Å²) in [6.07, 6.45) is 1.50. The highest BCUT2D eigenvalue weighted by molar-refractivity contribution is 6.30. The molecule has 110 valence electrons. The van der Waals surface area contributed by atoms with Gasteiger partial charge in [-0.1, -0.05) is 16.8 Å². The molecule has 0 unspecified atom stereocenters. The number of benzene rings is 2. The minimum absolute atomic E-state index is 0.152. The first kappa shape index (κ1) is 14.2. The van der Waals surface area contributed by atoms with Crippen molar-refractivity contribution in [2.24, 2.45) is 0 Å². The summed E-state index contributed by atoms with van der Waals surface area (Å²) in [5, 5.41) is 10.9. The van der Waals surface area contributed by atoms with Crippen LogP contribution >= 0.6 is 11.6 Å². The van der Waals surface area contributed by atoms with Crippen LogP contribution in [0.25, 0.3) is 5.69 Å². The van der Waals surface area contributed by atoms with Gasteiger partial charge in [0.2, 0.25) is 0 Å². The summed E-state index contributed by atoms with van der Waals surface area (Å²) in [6.45, 7) is 0. The SMILES string of the molecule is O=C(Nc1ccc(F)cc1)c1cn(-c2ccc(Cl)cc2)nn1. The van der Waals surface area contributed by atoms with Crippen molar-refractivity contribution in [2.75, 3.05) is 5.32 Å². The molecule has 0 aliphatic carbocycles. The molecule has 7 heteroatoms. The van der Waals surface area contributed by atoms with E-state index in [9.17, 15) is 9.18 Å². The lowest BCUT2D eigenvalue weighted by molar-refractivity contribution is 0.102. The van der Waals surface area contributed by atoms with Crippen LogP contribution in [0.4, 0.5) is 10.1 Å². The summed E-state index contributed by atoms with van der Waals surface area (Å²) >= 11 is 5.82. The molecule has 0 aliphatic heterocycles. The van der Waals surface area contributed by atoms with Gasteiger partial charge in [-0.15, -0.1) is 5.10 Å². The minimum Gasteiger partial charge on any atom is -0.321 e. The van der Waals surface area contributed by atoms with Gasteiger partial charge in [-0.25, -0.2) is 9.07 Å². The molecule has 0 saturated heterocycles. The molecule has 1 N–H and O–H groups in total. The molecule has 2 aromatic carbocycles. The maximum Gasteiger partial charge on any atom is 0.277 e. The van der Waals surface area contributed by atoms with Gasteiger partial charge in [-0.05, 0) is 48.5 Å². The van der Waals surface area contributed by atoms with E-state index in [1.807, 2.05) is 0 Å². The number of carbonyl (C=O) groups is 1. The standard InChI is InChI=1S/C15H10ClFN4O/c16-10-1-7-13(8-2-10)21-9-14(19-20-21)15(22)18-12-5-3-11(17)4-6-12/h1-9H,(H,18,22). The number of anilines is 1. The molecule has 0 fully saturated rings. The third-order valence-corrected chi connectivity index (χ3v) is 3.17. The Morgan fingerprint density at radius 2 is 1.77 bits per heavy atom. The highest BCUT2D eigenvalue weighted by Gasteiger charge is 2.12. The van der Waals surface area contributed by atoms with Crippen molar-refractivity contribution in [1.29, 1.82) is 0 Å². The average molecular weight is 317 g/mol. The number of nitrogens with one attached hydrogen (secondary N) is 1. The Kier molecular flexibility index (Phi) is 3.84. The molecule has 1 amide bonds. The van der Waals surface area contributed by atoms with Crippen LogP contribution in [0.5, 0.6) is 0 Å². The molecule has 0 atom stereocenters. The third kappa shape index (κ3) is 3.12. The molecule has 0 aliphatic rings. The third-order valence-electron chi connectivity index (χ3n) is 2.92. The molecule has 3 rings (SSSR count). The van der Waals surface area contributed by atoms with E-state index < -0.39 is 5.91 Å². The zero-order valence-corrected chi connectivity index (χ0v) is 12.0. The molecule has 0 bridgehead atoms. The number of hydrogen-bond donors (Lipinski definition) is 1. The first-order valence-electron chi connectivity index (χ1n) is 6.37. The summed E-state index contributed by atoms with van der Waals surface area (Å²) < 4.78 is 14.3. The number of carbonyl (C=O) groups excluding carboxylic acids is 1. The minimum atomic E-state index is -0.424. The van der Waals surface area contributed by atoms with Gasteiger partial charge in [0.1, 0.15) is 5.82 Å². The summed E-state index contributed by atoms with van der Waals surface area (Å²) in [6, 6.07) is 12.4. The Morgan fingerprint density at radius 1 is 1.09 bits per heavy atom. The number of rotatable bonds is 3. The van der Waals surface area contributed by atoms with Gasteiger partial charge in [-0.2, -0.15) is 0 Å². The zero-order valence-electron chi connectivity index (χ0n) is 11.2. The Hall–Kier alpha value is -2.73.